The van der Waals surface area contributed by atoms with Gasteiger partial charge in [-0.15, -0.1) is 0 Å². The Morgan fingerprint density at radius 3 is 2.19 bits per heavy atom. The molecule has 1 aliphatic heterocycles. The molecule has 0 spiro atoms. The minimum atomic E-state index is -3.79. The van der Waals surface area contributed by atoms with Crippen LogP contribution in [-0.4, -0.2) is 43.7 Å². The molecule has 0 saturated carbocycles. The highest BCUT2D eigenvalue weighted by molar-refractivity contribution is 7.89. The first kappa shape index (κ1) is 25.4. The molecule has 0 radical (unpaired) electrons. The number of nitrogens with zero attached hydrogens (tertiary/aromatic N) is 1. The van der Waals surface area contributed by atoms with Crippen molar-refractivity contribution >= 4 is 33.2 Å². The van der Waals surface area contributed by atoms with E-state index < -0.39 is 16.1 Å². The second-order valence-corrected chi connectivity index (χ2v) is 10.3. The summed E-state index contributed by atoms with van der Waals surface area (Å²) in [5.74, 6) is 0.0499. The molecule has 1 aliphatic rings. The third kappa shape index (κ3) is 5.92. The maximum atomic E-state index is 13.2. The number of nitrogens with one attached hydrogen (secondary N) is 2. The van der Waals surface area contributed by atoms with Gasteiger partial charge >= 0.3 is 0 Å². The van der Waals surface area contributed by atoms with E-state index in [1.807, 2.05) is 6.92 Å². The van der Waals surface area contributed by atoms with Crippen LogP contribution in [0, 0.1) is 0 Å². The molecule has 1 unspecified atom stereocenters. The van der Waals surface area contributed by atoms with Crippen LogP contribution in [0.2, 0.25) is 0 Å². The Hall–Kier alpha value is -3.69. The third-order valence-corrected chi connectivity index (χ3v) is 7.87. The van der Waals surface area contributed by atoms with Crippen molar-refractivity contribution in [2.24, 2.45) is 0 Å². The normalized spacial score (nSPS) is 16.2. The summed E-state index contributed by atoms with van der Waals surface area (Å²) in [6, 6.07) is 20.9. The Balaban J connectivity index is 1.41. The van der Waals surface area contributed by atoms with Crippen molar-refractivity contribution in [3.05, 3.63) is 84.4 Å². The molecule has 1 heterocycles. The Labute approximate surface area is 211 Å². The lowest BCUT2D eigenvalue weighted by atomic mass is 10.0. The van der Waals surface area contributed by atoms with Crippen LogP contribution >= 0.6 is 0 Å². The lowest BCUT2D eigenvalue weighted by Crippen LogP contribution is -2.49. The van der Waals surface area contributed by atoms with E-state index >= 15 is 0 Å². The SMILES string of the molecule is CCOc1ccc(NC(=O)c2ccc(NC(=O)C3CCCCN3S(=O)(=O)c3ccccc3)cc2)cc1. The molecule has 3 aromatic rings. The Kier molecular flexibility index (Phi) is 8.02. The molecule has 0 bridgehead atoms. The Bertz CT molecular complexity index is 1290. The van der Waals surface area contributed by atoms with Crippen LogP contribution in [0.5, 0.6) is 5.75 Å². The lowest BCUT2D eigenvalue weighted by molar-refractivity contribution is -0.120. The maximum Gasteiger partial charge on any atom is 0.255 e. The van der Waals surface area contributed by atoms with Gasteiger partial charge in [0, 0.05) is 23.5 Å². The van der Waals surface area contributed by atoms with Crippen LogP contribution in [0.1, 0.15) is 36.5 Å². The third-order valence-electron chi connectivity index (χ3n) is 5.94. The number of piperidine rings is 1. The van der Waals surface area contributed by atoms with E-state index in [1.54, 1.807) is 66.7 Å². The molecular weight excluding hydrogens is 478 g/mol. The van der Waals surface area contributed by atoms with Crippen LogP contribution < -0.4 is 15.4 Å². The van der Waals surface area contributed by atoms with Crippen molar-refractivity contribution in [2.75, 3.05) is 23.8 Å². The van der Waals surface area contributed by atoms with E-state index in [9.17, 15) is 18.0 Å². The number of amides is 2. The number of carbonyl (C=O) groups is 2. The minimum absolute atomic E-state index is 0.174. The summed E-state index contributed by atoms with van der Waals surface area (Å²) in [4.78, 5) is 25.8. The van der Waals surface area contributed by atoms with Crippen molar-refractivity contribution < 1.29 is 22.7 Å². The highest BCUT2D eigenvalue weighted by Gasteiger charge is 2.37. The summed E-state index contributed by atoms with van der Waals surface area (Å²) in [5, 5.41) is 5.63. The van der Waals surface area contributed by atoms with Gasteiger partial charge in [-0.05, 0) is 80.4 Å². The standard InChI is InChI=1S/C27H29N3O5S/c1-2-35-23-17-15-22(16-18-23)28-26(31)20-11-13-21(14-12-20)29-27(32)25-10-6-7-19-30(25)36(33,34)24-8-4-3-5-9-24/h3-5,8-9,11-18,25H,2,6-7,10,19H2,1H3,(H,28,31)(H,29,32). The van der Waals surface area contributed by atoms with Gasteiger partial charge in [-0.3, -0.25) is 9.59 Å². The summed E-state index contributed by atoms with van der Waals surface area (Å²) >= 11 is 0. The zero-order valence-corrected chi connectivity index (χ0v) is 20.8. The molecule has 0 aliphatic carbocycles. The van der Waals surface area contributed by atoms with Gasteiger partial charge < -0.3 is 15.4 Å². The summed E-state index contributed by atoms with van der Waals surface area (Å²) in [6.07, 6.45) is 1.91. The predicted octanol–water partition coefficient (Wildman–Crippen LogP) is 4.52. The molecule has 9 heteroatoms. The van der Waals surface area contributed by atoms with E-state index in [0.29, 0.717) is 42.9 Å². The zero-order valence-electron chi connectivity index (χ0n) is 20.0. The number of anilines is 2. The molecule has 2 N–H and O–H groups in total. The summed E-state index contributed by atoms with van der Waals surface area (Å²) in [5.41, 5.74) is 1.55. The molecule has 0 aromatic heterocycles. The quantitative estimate of drug-likeness (QED) is 0.467. The Morgan fingerprint density at radius 1 is 0.889 bits per heavy atom. The fraction of sp³-hybridized carbons (Fsp3) is 0.259. The van der Waals surface area contributed by atoms with E-state index in [0.717, 1.165) is 12.2 Å². The van der Waals surface area contributed by atoms with Gasteiger partial charge in [0.05, 0.1) is 11.5 Å². The number of sulfonamides is 1. The lowest BCUT2D eigenvalue weighted by Gasteiger charge is -2.33. The first-order chi connectivity index (χ1) is 17.4. The van der Waals surface area contributed by atoms with Crippen LogP contribution in [0.3, 0.4) is 0 Å². The molecular formula is C27H29N3O5S. The second kappa shape index (κ2) is 11.4. The number of rotatable bonds is 8. The molecule has 4 rings (SSSR count). The Morgan fingerprint density at radius 2 is 1.53 bits per heavy atom. The first-order valence-electron chi connectivity index (χ1n) is 11.9. The molecule has 188 valence electrons. The van der Waals surface area contributed by atoms with E-state index in [1.165, 1.54) is 16.4 Å². The average molecular weight is 508 g/mol. The van der Waals surface area contributed by atoms with E-state index in [2.05, 4.69) is 10.6 Å². The summed E-state index contributed by atoms with van der Waals surface area (Å²) in [6.45, 7) is 2.76. The van der Waals surface area contributed by atoms with Crippen molar-refractivity contribution in [3.8, 4) is 5.75 Å². The first-order valence-corrected chi connectivity index (χ1v) is 13.3. The largest absolute Gasteiger partial charge is 0.494 e. The average Bonchev–Trinajstić information content (AvgIpc) is 2.91. The molecule has 1 atom stereocenters. The van der Waals surface area contributed by atoms with Gasteiger partial charge in [0.25, 0.3) is 5.91 Å². The van der Waals surface area contributed by atoms with Crippen LogP contribution in [0.25, 0.3) is 0 Å². The molecule has 8 nitrogen and oxygen atoms in total. The van der Waals surface area contributed by atoms with Crippen LogP contribution in [-0.2, 0) is 14.8 Å². The minimum Gasteiger partial charge on any atom is -0.494 e. The summed E-state index contributed by atoms with van der Waals surface area (Å²) in [7, 11) is -3.79. The molecule has 36 heavy (non-hydrogen) atoms. The van der Waals surface area contributed by atoms with Gasteiger partial charge in [0.2, 0.25) is 15.9 Å². The molecule has 2 amide bonds. The number of ether oxygens (including phenoxy) is 1. The van der Waals surface area contributed by atoms with Crippen molar-refractivity contribution in [1.82, 2.24) is 4.31 Å². The highest BCUT2D eigenvalue weighted by atomic mass is 32.2. The monoisotopic (exact) mass is 507 g/mol. The molecule has 3 aromatic carbocycles. The molecule has 1 saturated heterocycles. The van der Waals surface area contributed by atoms with Gasteiger partial charge in [0.15, 0.2) is 0 Å². The van der Waals surface area contributed by atoms with Crippen LogP contribution in [0.4, 0.5) is 11.4 Å². The van der Waals surface area contributed by atoms with Gasteiger partial charge in [0.1, 0.15) is 11.8 Å². The van der Waals surface area contributed by atoms with Crippen molar-refractivity contribution in [2.45, 2.75) is 37.1 Å². The smallest absolute Gasteiger partial charge is 0.255 e. The van der Waals surface area contributed by atoms with Crippen molar-refractivity contribution in [1.29, 1.82) is 0 Å². The fourth-order valence-electron chi connectivity index (χ4n) is 4.12. The maximum absolute atomic E-state index is 13.2. The van der Waals surface area contributed by atoms with Gasteiger partial charge in [-0.1, -0.05) is 24.6 Å². The zero-order chi connectivity index (χ0) is 25.5. The number of benzene rings is 3. The van der Waals surface area contributed by atoms with Crippen molar-refractivity contribution in [3.63, 3.8) is 0 Å². The van der Waals surface area contributed by atoms with Gasteiger partial charge in [-0.2, -0.15) is 4.31 Å². The predicted molar refractivity (Wildman–Crippen MR) is 139 cm³/mol. The van der Waals surface area contributed by atoms with Crippen LogP contribution in [0.15, 0.2) is 83.8 Å². The van der Waals surface area contributed by atoms with E-state index in [4.69, 9.17) is 4.74 Å². The second-order valence-electron chi connectivity index (χ2n) is 8.42. The fourth-order valence-corrected chi connectivity index (χ4v) is 5.79. The number of hydrogen-bond acceptors (Lipinski definition) is 5. The molecule has 1 fully saturated rings. The number of hydrogen-bond donors (Lipinski definition) is 2. The number of carbonyl (C=O) groups excluding carboxylic acids is 2. The topological polar surface area (TPSA) is 105 Å². The van der Waals surface area contributed by atoms with Gasteiger partial charge in [-0.25, -0.2) is 8.42 Å². The summed E-state index contributed by atoms with van der Waals surface area (Å²) < 4.78 is 33.0. The van der Waals surface area contributed by atoms with E-state index in [-0.39, 0.29) is 16.7 Å². The highest BCUT2D eigenvalue weighted by Crippen LogP contribution is 2.26.